The summed E-state index contributed by atoms with van der Waals surface area (Å²) < 4.78 is 5.60. The second-order valence-corrected chi connectivity index (χ2v) is 6.98. The molecule has 0 saturated carbocycles. The quantitative estimate of drug-likeness (QED) is 0.688. The topological polar surface area (TPSA) is 29.5 Å². The predicted molar refractivity (Wildman–Crippen MR) is 99.4 cm³/mol. The molecule has 0 aromatic carbocycles. The third-order valence-corrected chi connectivity index (χ3v) is 4.60. The molecule has 1 N–H and O–H groups in total. The highest BCUT2D eigenvalue weighted by Gasteiger charge is 2.31. The van der Waals surface area contributed by atoms with E-state index in [0.29, 0.717) is 0 Å². The molecule has 0 bridgehead atoms. The van der Waals surface area contributed by atoms with E-state index in [4.69, 9.17) is 9.84 Å². The van der Waals surface area contributed by atoms with Gasteiger partial charge in [0.15, 0.2) is 0 Å². The highest BCUT2D eigenvalue weighted by Crippen LogP contribution is 2.41. The van der Waals surface area contributed by atoms with Gasteiger partial charge in [-0.3, -0.25) is 0 Å². The van der Waals surface area contributed by atoms with Crippen LogP contribution in [0.25, 0.3) is 0 Å². The van der Waals surface area contributed by atoms with Crippen LogP contribution in [0, 0.1) is 5.41 Å². The van der Waals surface area contributed by atoms with Crippen molar-refractivity contribution in [1.29, 1.82) is 0 Å². The van der Waals surface area contributed by atoms with Gasteiger partial charge in [-0.1, -0.05) is 61.4 Å². The molecule has 0 saturated heterocycles. The van der Waals surface area contributed by atoms with E-state index >= 15 is 0 Å². The van der Waals surface area contributed by atoms with E-state index in [2.05, 4.69) is 45.9 Å². The zero-order valence-electron chi connectivity index (χ0n) is 15.5. The van der Waals surface area contributed by atoms with Gasteiger partial charge in [0.1, 0.15) is 0 Å². The first-order valence-electron chi connectivity index (χ1n) is 8.36. The minimum atomic E-state index is 0.0853. The van der Waals surface area contributed by atoms with Crippen LogP contribution < -0.4 is 0 Å². The van der Waals surface area contributed by atoms with Gasteiger partial charge >= 0.3 is 0 Å². The maximum absolute atomic E-state index is 8.84. The van der Waals surface area contributed by atoms with Gasteiger partial charge in [-0.15, -0.1) is 0 Å². The predicted octanol–water partition coefficient (Wildman–Crippen LogP) is 5.14. The fourth-order valence-corrected chi connectivity index (χ4v) is 3.04. The van der Waals surface area contributed by atoms with Crippen molar-refractivity contribution in [3.05, 3.63) is 58.7 Å². The van der Waals surface area contributed by atoms with Gasteiger partial charge < -0.3 is 9.84 Å². The van der Waals surface area contributed by atoms with Crippen LogP contribution in [0.15, 0.2) is 58.7 Å². The lowest BCUT2D eigenvalue weighted by Crippen LogP contribution is -2.28. The summed E-state index contributed by atoms with van der Waals surface area (Å²) in [4.78, 5) is 0. The summed E-state index contributed by atoms with van der Waals surface area (Å²) in [5.74, 6) is 0. The smallest absolute Gasteiger partial charge is 0.0784 e. The van der Waals surface area contributed by atoms with Crippen LogP contribution in [-0.4, -0.2) is 24.9 Å². The molecule has 0 amide bonds. The Morgan fingerprint density at radius 2 is 1.96 bits per heavy atom. The molecule has 1 aliphatic rings. The Bertz CT molecular complexity index is 542. The molecule has 0 aromatic rings. The summed E-state index contributed by atoms with van der Waals surface area (Å²) in [6, 6.07) is 0. The van der Waals surface area contributed by atoms with Crippen molar-refractivity contribution in [2.24, 2.45) is 5.41 Å². The molecular weight excluding hydrogens is 284 g/mol. The van der Waals surface area contributed by atoms with Crippen molar-refractivity contribution in [3.63, 3.8) is 0 Å². The highest BCUT2D eigenvalue weighted by atomic mass is 16.5. The van der Waals surface area contributed by atoms with Crippen LogP contribution in [0.5, 0.6) is 0 Å². The number of aliphatic hydroxyl groups excluding tert-OH is 1. The molecule has 128 valence electrons. The van der Waals surface area contributed by atoms with E-state index < -0.39 is 0 Å². The number of rotatable bonds is 6. The molecule has 0 radical (unpaired) electrons. The molecule has 0 spiro atoms. The number of ether oxygens (including phenoxy) is 1. The summed E-state index contributed by atoms with van der Waals surface area (Å²) in [5, 5.41) is 8.84. The first-order valence-corrected chi connectivity index (χ1v) is 8.36. The van der Waals surface area contributed by atoms with Gasteiger partial charge in [0, 0.05) is 7.11 Å². The summed E-state index contributed by atoms with van der Waals surface area (Å²) >= 11 is 0. The van der Waals surface area contributed by atoms with Crippen LogP contribution in [0.2, 0.25) is 0 Å². The normalized spacial score (nSPS) is 23.3. The van der Waals surface area contributed by atoms with Gasteiger partial charge in [-0.25, -0.2) is 0 Å². The molecule has 23 heavy (non-hydrogen) atoms. The zero-order chi connectivity index (χ0) is 17.5. The summed E-state index contributed by atoms with van der Waals surface area (Å²) in [6.45, 7) is 11.0. The Morgan fingerprint density at radius 1 is 1.26 bits per heavy atom. The lowest BCUT2D eigenvalue weighted by atomic mass is 9.71. The maximum atomic E-state index is 8.84. The molecule has 1 atom stereocenters. The van der Waals surface area contributed by atoms with Crippen LogP contribution in [-0.2, 0) is 4.74 Å². The van der Waals surface area contributed by atoms with E-state index in [1.165, 1.54) is 16.7 Å². The third kappa shape index (κ3) is 5.96. The van der Waals surface area contributed by atoms with E-state index in [1.54, 1.807) is 13.2 Å². The number of hydrogen-bond donors (Lipinski definition) is 1. The molecule has 0 fully saturated rings. The fourth-order valence-electron chi connectivity index (χ4n) is 3.04. The SMILES string of the molecule is COC1CCC(C)(C)C(/C=C/C(C)=C/C=C/C(C)=C/CO)=C1C. The van der Waals surface area contributed by atoms with E-state index in [-0.39, 0.29) is 18.1 Å². The Morgan fingerprint density at radius 3 is 2.57 bits per heavy atom. The standard InChI is InChI=1S/C21H32O2/c1-16(8-7-9-17(2)13-15-22)10-11-19-18(3)20(23-6)12-14-21(19,4)5/h7-11,13,20,22H,12,14-15H2,1-6H3/b9-7+,11-10+,16-8+,17-13+. The molecule has 2 nitrogen and oxygen atoms in total. The average Bonchev–Trinajstić information content (AvgIpc) is 2.47. The number of hydrogen-bond acceptors (Lipinski definition) is 2. The summed E-state index contributed by atoms with van der Waals surface area (Å²) in [5.41, 5.74) is 5.21. The molecule has 0 aromatic heterocycles. The minimum absolute atomic E-state index is 0.0853. The Balaban J connectivity index is 2.90. The van der Waals surface area contributed by atoms with Gasteiger partial charge in [-0.2, -0.15) is 0 Å². The van der Waals surface area contributed by atoms with Crippen molar-refractivity contribution in [2.45, 2.75) is 53.6 Å². The summed E-state index contributed by atoms with van der Waals surface area (Å²) in [6.07, 6.45) is 14.8. The van der Waals surface area contributed by atoms with Gasteiger partial charge in [0.05, 0.1) is 12.7 Å². The monoisotopic (exact) mass is 316 g/mol. The van der Waals surface area contributed by atoms with Crippen molar-refractivity contribution in [2.75, 3.05) is 13.7 Å². The molecule has 1 unspecified atom stereocenters. The lowest BCUT2D eigenvalue weighted by Gasteiger charge is -2.36. The maximum Gasteiger partial charge on any atom is 0.0784 e. The van der Waals surface area contributed by atoms with Gasteiger partial charge in [0.2, 0.25) is 0 Å². The van der Waals surface area contributed by atoms with E-state index in [1.807, 2.05) is 19.1 Å². The van der Waals surface area contributed by atoms with Crippen molar-refractivity contribution >= 4 is 0 Å². The van der Waals surface area contributed by atoms with Crippen LogP contribution >= 0.6 is 0 Å². The van der Waals surface area contributed by atoms with E-state index in [0.717, 1.165) is 18.4 Å². The molecule has 0 heterocycles. The number of methoxy groups -OCH3 is 1. The second-order valence-electron chi connectivity index (χ2n) is 6.98. The summed E-state index contributed by atoms with van der Waals surface area (Å²) in [7, 11) is 1.80. The Kier molecular flexibility index (Phi) is 7.74. The molecular formula is C21H32O2. The van der Waals surface area contributed by atoms with Crippen LogP contribution in [0.1, 0.15) is 47.5 Å². The largest absolute Gasteiger partial charge is 0.392 e. The molecule has 0 aliphatic heterocycles. The van der Waals surface area contributed by atoms with Crippen molar-refractivity contribution < 1.29 is 9.84 Å². The van der Waals surface area contributed by atoms with E-state index in [9.17, 15) is 0 Å². The molecule has 2 heteroatoms. The highest BCUT2D eigenvalue weighted by molar-refractivity contribution is 5.38. The third-order valence-electron chi connectivity index (χ3n) is 4.60. The first-order chi connectivity index (χ1) is 10.8. The van der Waals surface area contributed by atoms with Crippen molar-refractivity contribution in [3.8, 4) is 0 Å². The lowest BCUT2D eigenvalue weighted by molar-refractivity contribution is 0.101. The zero-order valence-corrected chi connectivity index (χ0v) is 15.5. The van der Waals surface area contributed by atoms with Crippen LogP contribution in [0.3, 0.4) is 0 Å². The first kappa shape index (κ1) is 19.7. The number of allylic oxidation sites excluding steroid dienone is 8. The number of aliphatic hydroxyl groups is 1. The fraction of sp³-hybridized carbons (Fsp3) is 0.524. The Labute approximate surface area is 141 Å². The van der Waals surface area contributed by atoms with Gasteiger partial charge in [-0.05, 0) is 50.2 Å². The van der Waals surface area contributed by atoms with Crippen LogP contribution in [0.4, 0.5) is 0 Å². The van der Waals surface area contributed by atoms with Gasteiger partial charge in [0.25, 0.3) is 0 Å². The molecule has 1 rings (SSSR count). The second kappa shape index (κ2) is 9.05. The molecule has 1 aliphatic carbocycles. The Hall–Kier alpha value is -1.38. The minimum Gasteiger partial charge on any atom is -0.392 e. The van der Waals surface area contributed by atoms with Crippen molar-refractivity contribution in [1.82, 2.24) is 0 Å². The average molecular weight is 316 g/mol.